The number of methoxy groups -OCH3 is 2. The number of nitrogens with zero attached hydrogens (tertiary/aromatic N) is 3. The standard InChI is InChI=1S/C23H37N3O7S/c1-24-11-7-23(8-12-24)9-13-26(14-10-23)20(28)17-33-16-15-25(2)34(29,30)22-19(31-3)6-5-18(27)21(22)32-4/h6H,5,7-17H2,1-4H3. The Balaban J connectivity index is 1.47. The monoisotopic (exact) mass is 499 g/mol. The molecular formula is C23H37N3O7S. The van der Waals surface area contributed by atoms with Crippen LogP contribution in [0.2, 0.25) is 0 Å². The SMILES string of the molecule is COC1=CCC(=O)C(OC)=C1S(=O)(=O)N(C)CCOCC(=O)N1CCC2(CCN(C)CC2)CC1. The lowest BCUT2D eigenvalue weighted by molar-refractivity contribution is -0.139. The highest BCUT2D eigenvalue weighted by Gasteiger charge is 2.38. The molecule has 0 aromatic carbocycles. The summed E-state index contributed by atoms with van der Waals surface area (Å²) in [6.45, 7) is 3.69. The average Bonchev–Trinajstić information content (AvgIpc) is 2.83. The Morgan fingerprint density at radius 3 is 2.29 bits per heavy atom. The number of ketones is 1. The van der Waals surface area contributed by atoms with Gasteiger partial charge in [-0.05, 0) is 57.3 Å². The van der Waals surface area contributed by atoms with Gasteiger partial charge in [-0.2, -0.15) is 4.31 Å². The predicted octanol–water partition coefficient (Wildman–Crippen LogP) is 0.960. The van der Waals surface area contributed by atoms with E-state index in [2.05, 4.69) is 11.9 Å². The molecule has 34 heavy (non-hydrogen) atoms. The molecule has 3 aliphatic rings. The molecule has 0 atom stereocenters. The number of sulfonamides is 1. The first-order valence-electron chi connectivity index (χ1n) is 11.7. The van der Waals surface area contributed by atoms with Crippen molar-refractivity contribution >= 4 is 21.7 Å². The van der Waals surface area contributed by atoms with Crippen LogP contribution < -0.4 is 0 Å². The van der Waals surface area contributed by atoms with Crippen LogP contribution in [0.15, 0.2) is 22.5 Å². The molecule has 1 spiro atoms. The second kappa shape index (κ2) is 11.2. The van der Waals surface area contributed by atoms with Gasteiger partial charge >= 0.3 is 0 Å². The van der Waals surface area contributed by atoms with Gasteiger partial charge in [0.15, 0.2) is 10.7 Å². The molecule has 0 aromatic rings. The Labute approximate surface area is 202 Å². The molecule has 1 aliphatic carbocycles. The van der Waals surface area contributed by atoms with Crippen molar-refractivity contribution in [1.29, 1.82) is 0 Å². The van der Waals surface area contributed by atoms with Crippen molar-refractivity contribution in [1.82, 2.24) is 14.1 Å². The number of ether oxygens (including phenoxy) is 3. The lowest BCUT2D eigenvalue weighted by Crippen LogP contribution is -2.48. The second-order valence-electron chi connectivity index (χ2n) is 9.33. The van der Waals surface area contributed by atoms with Crippen molar-refractivity contribution in [3.05, 3.63) is 22.5 Å². The second-order valence-corrected chi connectivity index (χ2v) is 11.3. The van der Waals surface area contributed by atoms with Crippen LogP contribution in [0.5, 0.6) is 0 Å². The fourth-order valence-corrected chi connectivity index (χ4v) is 6.26. The van der Waals surface area contributed by atoms with Crippen molar-refractivity contribution in [3.8, 4) is 0 Å². The Morgan fingerprint density at radius 2 is 1.71 bits per heavy atom. The van der Waals surface area contributed by atoms with E-state index in [4.69, 9.17) is 14.2 Å². The van der Waals surface area contributed by atoms with Gasteiger partial charge in [-0.3, -0.25) is 9.59 Å². The molecule has 2 saturated heterocycles. The molecule has 2 fully saturated rings. The third-order valence-electron chi connectivity index (χ3n) is 7.25. The first kappa shape index (κ1) is 26.7. The van der Waals surface area contributed by atoms with E-state index >= 15 is 0 Å². The number of carbonyl (C=O) groups excluding carboxylic acids is 2. The largest absolute Gasteiger partial charge is 0.496 e. The smallest absolute Gasteiger partial charge is 0.250 e. The van der Waals surface area contributed by atoms with Crippen LogP contribution in [0.1, 0.15) is 32.1 Å². The van der Waals surface area contributed by atoms with Gasteiger partial charge in [0.2, 0.25) is 21.7 Å². The van der Waals surface area contributed by atoms with Crippen LogP contribution in [0.25, 0.3) is 0 Å². The summed E-state index contributed by atoms with van der Waals surface area (Å²) in [6.07, 6.45) is 5.87. The first-order valence-corrected chi connectivity index (χ1v) is 13.1. The Morgan fingerprint density at radius 1 is 1.09 bits per heavy atom. The molecular weight excluding hydrogens is 462 g/mol. The summed E-state index contributed by atoms with van der Waals surface area (Å²) in [7, 11) is 2.07. The molecule has 192 valence electrons. The maximum absolute atomic E-state index is 13.1. The predicted molar refractivity (Wildman–Crippen MR) is 126 cm³/mol. The van der Waals surface area contributed by atoms with Gasteiger partial charge < -0.3 is 24.0 Å². The van der Waals surface area contributed by atoms with Gasteiger partial charge in [0.05, 0.1) is 20.8 Å². The number of amides is 1. The first-order chi connectivity index (χ1) is 16.1. The number of Topliss-reactive ketones (excluding diaryl/α,β-unsaturated/α-hetero) is 1. The lowest BCUT2D eigenvalue weighted by Gasteiger charge is -2.46. The van der Waals surface area contributed by atoms with E-state index in [-0.39, 0.29) is 48.5 Å². The molecule has 1 amide bonds. The lowest BCUT2D eigenvalue weighted by atomic mass is 9.71. The van der Waals surface area contributed by atoms with Crippen LogP contribution in [-0.2, 0) is 33.8 Å². The number of hydrogen-bond donors (Lipinski definition) is 0. The minimum atomic E-state index is -4.06. The van der Waals surface area contributed by atoms with Gasteiger partial charge in [-0.15, -0.1) is 0 Å². The Kier molecular flexibility index (Phi) is 8.77. The van der Waals surface area contributed by atoms with Gasteiger partial charge in [0.25, 0.3) is 0 Å². The molecule has 0 bridgehead atoms. The summed E-state index contributed by atoms with van der Waals surface area (Å²) in [5.74, 6) is -0.664. The number of allylic oxidation sites excluding steroid dienone is 2. The highest BCUT2D eigenvalue weighted by molar-refractivity contribution is 7.93. The van der Waals surface area contributed by atoms with E-state index in [1.54, 1.807) is 0 Å². The third kappa shape index (κ3) is 5.81. The number of piperidine rings is 2. The highest BCUT2D eigenvalue weighted by Crippen LogP contribution is 2.40. The average molecular weight is 500 g/mol. The minimum Gasteiger partial charge on any atom is -0.496 e. The van der Waals surface area contributed by atoms with Gasteiger partial charge in [0, 0.05) is 33.1 Å². The van der Waals surface area contributed by atoms with E-state index in [1.165, 1.54) is 40.2 Å². The van der Waals surface area contributed by atoms with Crippen LogP contribution in [0.3, 0.4) is 0 Å². The number of hydrogen-bond acceptors (Lipinski definition) is 8. The summed E-state index contributed by atoms with van der Waals surface area (Å²) >= 11 is 0. The summed E-state index contributed by atoms with van der Waals surface area (Å²) in [4.78, 5) is 28.6. The maximum Gasteiger partial charge on any atom is 0.250 e. The summed E-state index contributed by atoms with van der Waals surface area (Å²) in [6, 6.07) is 0. The quantitative estimate of drug-likeness (QED) is 0.432. The van der Waals surface area contributed by atoms with Crippen molar-refractivity contribution in [2.75, 3.05) is 74.3 Å². The molecule has 2 aliphatic heterocycles. The van der Waals surface area contributed by atoms with E-state index in [0.717, 1.165) is 43.3 Å². The number of likely N-dealkylation sites (tertiary alicyclic amines) is 2. The summed E-state index contributed by atoms with van der Waals surface area (Å²) < 4.78 is 43.0. The molecule has 0 aromatic heterocycles. The molecule has 2 heterocycles. The van der Waals surface area contributed by atoms with Crippen LogP contribution >= 0.6 is 0 Å². The van der Waals surface area contributed by atoms with Crippen LogP contribution in [0, 0.1) is 5.41 Å². The molecule has 0 radical (unpaired) electrons. The van der Waals surface area contributed by atoms with E-state index < -0.39 is 15.8 Å². The summed E-state index contributed by atoms with van der Waals surface area (Å²) in [5, 5.41) is 0. The zero-order valence-electron chi connectivity index (χ0n) is 20.7. The summed E-state index contributed by atoms with van der Waals surface area (Å²) in [5.41, 5.74) is 0.368. The van der Waals surface area contributed by atoms with Gasteiger partial charge in [0.1, 0.15) is 12.4 Å². The van der Waals surface area contributed by atoms with Crippen LogP contribution in [-0.4, -0.2) is 108 Å². The minimum absolute atomic E-state index is 0.00890. The van der Waals surface area contributed by atoms with Crippen LogP contribution in [0.4, 0.5) is 0 Å². The molecule has 3 rings (SSSR count). The zero-order valence-corrected chi connectivity index (χ0v) is 21.5. The van der Waals surface area contributed by atoms with Gasteiger partial charge in [-0.25, -0.2) is 8.42 Å². The fraction of sp³-hybridized carbons (Fsp3) is 0.739. The zero-order chi connectivity index (χ0) is 24.9. The molecule has 0 N–H and O–H groups in total. The molecule has 0 unspecified atom stereocenters. The Bertz CT molecular complexity index is 926. The van der Waals surface area contributed by atoms with Crippen molar-refractivity contribution in [2.24, 2.45) is 5.41 Å². The van der Waals surface area contributed by atoms with Crippen molar-refractivity contribution < 1.29 is 32.2 Å². The molecule has 0 saturated carbocycles. The fourth-order valence-electron chi connectivity index (χ4n) is 4.78. The number of rotatable bonds is 9. The van der Waals surface area contributed by atoms with E-state index in [9.17, 15) is 18.0 Å². The number of likely N-dealkylation sites (N-methyl/N-ethyl adjacent to an activating group) is 1. The third-order valence-corrected chi connectivity index (χ3v) is 9.15. The highest BCUT2D eigenvalue weighted by atomic mass is 32.2. The van der Waals surface area contributed by atoms with E-state index in [0.29, 0.717) is 5.41 Å². The molecule has 11 heteroatoms. The van der Waals surface area contributed by atoms with E-state index in [1.807, 2.05) is 4.90 Å². The normalized spacial score (nSPS) is 21.7. The van der Waals surface area contributed by atoms with Crippen molar-refractivity contribution in [2.45, 2.75) is 32.1 Å². The number of carbonyl (C=O) groups is 2. The molecule has 10 nitrogen and oxygen atoms in total. The maximum atomic E-state index is 13.1. The Hall–Kier alpha value is -1.95. The van der Waals surface area contributed by atoms with Crippen molar-refractivity contribution in [3.63, 3.8) is 0 Å². The topological polar surface area (TPSA) is 106 Å². The van der Waals surface area contributed by atoms with Gasteiger partial charge in [-0.1, -0.05) is 0 Å².